The Balaban J connectivity index is 1.89. The molecule has 0 aliphatic rings. The van der Waals surface area contributed by atoms with Gasteiger partial charge in [-0.1, -0.05) is 24.3 Å². The molecule has 0 saturated carbocycles. The molecule has 2 aromatic rings. The SMILES string of the molecule is CC(C)NS(=O)(=O)c1ccc(CCC(=O)NC(C)c2ccc(F)cc2)cc1. The van der Waals surface area contributed by atoms with Crippen LogP contribution < -0.4 is 10.0 Å². The maximum Gasteiger partial charge on any atom is 0.240 e. The summed E-state index contributed by atoms with van der Waals surface area (Å²) >= 11 is 0. The highest BCUT2D eigenvalue weighted by atomic mass is 32.2. The number of aryl methyl sites for hydroxylation is 1. The first-order valence-electron chi connectivity index (χ1n) is 8.83. The van der Waals surface area contributed by atoms with Crippen LogP contribution in [0.3, 0.4) is 0 Å². The Morgan fingerprint density at radius 2 is 1.59 bits per heavy atom. The average molecular weight is 392 g/mol. The van der Waals surface area contributed by atoms with E-state index in [1.54, 1.807) is 50.2 Å². The van der Waals surface area contributed by atoms with Crippen molar-refractivity contribution in [2.45, 2.75) is 50.6 Å². The van der Waals surface area contributed by atoms with E-state index in [4.69, 9.17) is 0 Å². The summed E-state index contributed by atoms with van der Waals surface area (Å²) in [6.07, 6.45) is 0.780. The molecule has 0 heterocycles. The van der Waals surface area contributed by atoms with Crippen molar-refractivity contribution >= 4 is 15.9 Å². The molecule has 7 heteroatoms. The topological polar surface area (TPSA) is 75.3 Å². The van der Waals surface area contributed by atoms with Gasteiger partial charge in [0, 0.05) is 12.5 Å². The lowest BCUT2D eigenvalue weighted by Crippen LogP contribution is -2.30. The first kappa shape index (κ1) is 21.1. The minimum atomic E-state index is -3.51. The number of carbonyl (C=O) groups excluding carboxylic acids is 1. The molecule has 0 bridgehead atoms. The van der Waals surface area contributed by atoms with Crippen LogP contribution in [0.4, 0.5) is 4.39 Å². The summed E-state index contributed by atoms with van der Waals surface area (Å²) in [4.78, 5) is 12.3. The number of nitrogens with one attached hydrogen (secondary N) is 2. The largest absolute Gasteiger partial charge is 0.350 e. The molecule has 0 saturated heterocycles. The molecule has 146 valence electrons. The fraction of sp³-hybridized carbons (Fsp3) is 0.350. The lowest BCUT2D eigenvalue weighted by atomic mass is 10.1. The number of hydrogen-bond acceptors (Lipinski definition) is 3. The number of sulfonamides is 1. The summed E-state index contributed by atoms with van der Waals surface area (Å²) in [5.41, 5.74) is 1.71. The smallest absolute Gasteiger partial charge is 0.240 e. The van der Waals surface area contributed by atoms with E-state index in [-0.39, 0.29) is 35.1 Å². The van der Waals surface area contributed by atoms with Gasteiger partial charge in [-0.05, 0) is 62.6 Å². The quantitative estimate of drug-likeness (QED) is 0.724. The number of carbonyl (C=O) groups is 1. The van der Waals surface area contributed by atoms with Crippen LogP contribution in [0.5, 0.6) is 0 Å². The molecule has 0 radical (unpaired) electrons. The predicted molar refractivity (Wildman–Crippen MR) is 103 cm³/mol. The monoisotopic (exact) mass is 392 g/mol. The van der Waals surface area contributed by atoms with Crippen LogP contribution in [0.15, 0.2) is 53.4 Å². The van der Waals surface area contributed by atoms with Crippen molar-refractivity contribution in [1.29, 1.82) is 0 Å². The van der Waals surface area contributed by atoms with Crippen molar-refractivity contribution in [3.8, 4) is 0 Å². The second kappa shape index (κ2) is 9.10. The van der Waals surface area contributed by atoms with Gasteiger partial charge in [-0.3, -0.25) is 4.79 Å². The standard InChI is InChI=1S/C20H25FN2O3S/c1-14(2)23-27(25,26)19-11-4-16(5-12-19)6-13-20(24)22-15(3)17-7-9-18(21)10-8-17/h4-5,7-12,14-15,23H,6,13H2,1-3H3,(H,22,24). The van der Waals surface area contributed by atoms with Crippen LogP contribution in [0.2, 0.25) is 0 Å². The Kier molecular flexibility index (Phi) is 7.10. The van der Waals surface area contributed by atoms with E-state index in [0.717, 1.165) is 11.1 Å². The van der Waals surface area contributed by atoms with E-state index in [9.17, 15) is 17.6 Å². The fourth-order valence-electron chi connectivity index (χ4n) is 2.62. The number of hydrogen-bond donors (Lipinski definition) is 2. The molecule has 27 heavy (non-hydrogen) atoms. The first-order chi connectivity index (χ1) is 12.7. The van der Waals surface area contributed by atoms with Gasteiger partial charge < -0.3 is 5.32 Å². The third-order valence-electron chi connectivity index (χ3n) is 4.01. The first-order valence-corrected chi connectivity index (χ1v) is 10.3. The van der Waals surface area contributed by atoms with Gasteiger partial charge >= 0.3 is 0 Å². The second-order valence-corrected chi connectivity index (χ2v) is 8.47. The van der Waals surface area contributed by atoms with E-state index in [0.29, 0.717) is 6.42 Å². The molecule has 1 amide bonds. The number of benzene rings is 2. The van der Waals surface area contributed by atoms with E-state index >= 15 is 0 Å². The van der Waals surface area contributed by atoms with Crippen molar-refractivity contribution in [2.75, 3.05) is 0 Å². The van der Waals surface area contributed by atoms with Gasteiger partial charge in [0.05, 0.1) is 10.9 Å². The van der Waals surface area contributed by atoms with Crippen LogP contribution in [0.25, 0.3) is 0 Å². The van der Waals surface area contributed by atoms with Crippen LogP contribution in [-0.4, -0.2) is 20.4 Å². The molecule has 1 unspecified atom stereocenters. The molecule has 2 N–H and O–H groups in total. The van der Waals surface area contributed by atoms with Gasteiger partial charge in [-0.25, -0.2) is 17.5 Å². The van der Waals surface area contributed by atoms with Gasteiger partial charge in [-0.2, -0.15) is 0 Å². The maximum atomic E-state index is 13.0. The summed E-state index contributed by atoms with van der Waals surface area (Å²) < 4.78 is 39.7. The number of rotatable bonds is 8. The Bertz CT molecular complexity index is 863. The van der Waals surface area contributed by atoms with Crippen LogP contribution in [0.1, 0.15) is 44.4 Å². The van der Waals surface area contributed by atoms with E-state index < -0.39 is 10.0 Å². The highest BCUT2D eigenvalue weighted by Gasteiger charge is 2.15. The molecule has 5 nitrogen and oxygen atoms in total. The highest BCUT2D eigenvalue weighted by Crippen LogP contribution is 2.15. The zero-order chi connectivity index (χ0) is 20.0. The normalized spacial score (nSPS) is 12.8. The Hall–Kier alpha value is -2.25. The molecule has 0 aromatic heterocycles. The average Bonchev–Trinajstić information content (AvgIpc) is 2.60. The lowest BCUT2D eigenvalue weighted by molar-refractivity contribution is -0.121. The summed E-state index contributed by atoms with van der Waals surface area (Å²) in [6, 6.07) is 12.1. The van der Waals surface area contributed by atoms with Gasteiger partial charge in [-0.15, -0.1) is 0 Å². The van der Waals surface area contributed by atoms with Crippen LogP contribution in [-0.2, 0) is 21.2 Å². The summed E-state index contributed by atoms with van der Waals surface area (Å²) in [5, 5.41) is 2.88. The van der Waals surface area contributed by atoms with E-state index in [1.807, 2.05) is 6.92 Å². The minimum Gasteiger partial charge on any atom is -0.350 e. The third-order valence-corrected chi connectivity index (χ3v) is 5.69. The maximum absolute atomic E-state index is 13.0. The van der Waals surface area contributed by atoms with Gasteiger partial charge in [0.1, 0.15) is 5.82 Å². The number of halogens is 1. The van der Waals surface area contributed by atoms with Gasteiger partial charge in [0.2, 0.25) is 15.9 Å². The molecule has 1 atom stereocenters. The van der Waals surface area contributed by atoms with Crippen molar-refractivity contribution in [2.24, 2.45) is 0 Å². The summed E-state index contributed by atoms with van der Waals surface area (Å²) in [5.74, 6) is -0.434. The third kappa shape index (κ3) is 6.45. The molecular weight excluding hydrogens is 367 g/mol. The Labute approximate surface area is 160 Å². The van der Waals surface area contributed by atoms with Crippen molar-refractivity contribution in [3.63, 3.8) is 0 Å². The molecular formula is C20H25FN2O3S. The summed E-state index contributed by atoms with van der Waals surface area (Å²) in [7, 11) is -3.51. The minimum absolute atomic E-state index is 0.120. The van der Waals surface area contributed by atoms with E-state index in [1.165, 1.54) is 12.1 Å². The predicted octanol–water partition coefficient (Wildman–Crippen LogP) is 3.32. The Morgan fingerprint density at radius 1 is 1.00 bits per heavy atom. The number of amides is 1. The molecule has 0 aliphatic heterocycles. The summed E-state index contributed by atoms with van der Waals surface area (Å²) in [6.45, 7) is 5.36. The van der Waals surface area contributed by atoms with Crippen molar-refractivity contribution in [3.05, 3.63) is 65.5 Å². The highest BCUT2D eigenvalue weighted by molar-refractivity contribution is 7.89. The second-order valence-electron chi connectivity index (χ2n) is 6.76. The molecule has 0 fully saturated rings. The zero-order valence-electron chi connectivity index (χ0n) is 15.7. The lowest BCUT2D eigenvalue weighted by Gasteiger charge is -2.14. The van der Waals surface area contributed by atoms with Crippen molar-refractivity contribution in [1.82, 2.24) is 10.0 Å². The molecule has 0 spiro atoms. The zero-order valence-corrected chi connectivity index (χ0v) is 16.5. The molecule has 2 aromatic carbocycles. The van der Waals surface area contributed by atoms with Gasteiger partial charge in [0.15, 0.2) is 0 Å². The van der Waals surface area contributed by atoms with Crippen molar-refractivity contribution < 1.29 is 17.6 Å². The molecule has 0 aliphatic carbocycles. The van der Waals surface area contributed by atoms with E-state index in [2.05, 4.69) is 10.0 Å². The van der Waals surface area contributed by atoms with Crippen LogP contribution in [0, 0.1) is 5.82 Å². The van der Waals surface area contributed by atoms with Gasteiger partial charge in [0.25, 0.3) is 0 Å². The van der Waals surface area contributed by atoms with Crippen LogP contribution >= 0.6 is 0 Å². The fourth-order valence-corrected chi connectivity index (χ4v) is 3.87. The molecule has 2 rings (SSSR count). The Morgan fingerprint density at radius 3 is 2.15 bits per heavy atom.